The van der Waals surface area contributed by atoms with Gasteiger partial charge in [-0.25, -0.2) is 0 Å². The molecule has 3 nitrogen and oxygen atoms in total. The molecular formula is C23H38ClNO2Si. The van der Waals surface area contributed by atoms with Crippen LogP contribution in [0.15, 0.2) is 48.1 Å². The third-order valence-corrected chi connectivity index (χ3v) is 9.76. The predicted molar refractivity (Wildman–Crippen MR) is 125 cm³/mol. The third kappa shape index (κ3) is 9.79. The van der Waals surface area contributed by atoms with Crippen molar-refractivity contribution in [2.45, 2.75) is 82.8 Å². The molecule has 0 bridgehead atoms. The molecule has 0 N–H and O–H groups in total. The number of alkyl halides is 1. The van der Waals surface area contributed by atoms with Crippen molar-refractivity contribution in [3.05, 3.63) is 43.0 Å². The number of halogens is 1. The molecule has 0 heterocycles. The van der Waals surface area contributed by atoms with E-state index in [2.05, 4.69) is 45.6 Å². The number of para-hydroxylation sites is 1. The fraction of sp³-hybridized carbons (Fsp3) is 0.609. The second kappa shape index (κ2) is 12.3. The van der Waals surface area contributed by atoms with Crippen LogP contribution < -0.4 is 4.74 Å². The van der Waals surface area contributed by atoms with Gasteiger partial charge < -0.3 is 9.26 Å². The van der Waals surface area contributed by atoms with E-state index in [1.807, 2.05) is 36.4 Å². The van der Waals surface area contributed by atoms with Gasteiger partial charge in [0.05, 0.1) is 11.1 Å². The van der Waals surface area contributed by atoms with Crippen molar-refractivity contribution in [1.82, 2.24) is 0 Å². The normalized spacial score (nSPS) is 13.9. The van der Waals surface area contributed by atoms with Gasteiger partial charge >= 0.3 is 0 Å². The van der Waals surface area contributed by atoms with Crippen LogP contribution in [0.4, 0.5) is 0 Å². The molecule has 0 aromatic heterocycles. The summed E-state index contributed by atoms with van der Waals surface area (Å²) in [6, 6.07) is 9.80. The number of oxime groups is 1. The lowest BCUT2D eigenvalue weighted by atomic mass is 10.1. The van der Waals surface area contributed by atoms with Gasteiger partial charge in [0, 0.05) is 0 Å². The topological polar surface area (TPSA) is 30.8 Å². The van der Waals surface area contributed by atoms with E-state index in [9.17, 15) is 0 Å². The van der Waals surface area contributed by atoms with Gasteiger partial charge in [0.25, 0.3) is 8.32 Å². The molecule has 0 aliphatic rings. The maximum Gasteiger partial charge on any atom is 0.286 e. The summed E-state index contributed by atoms with van der Waals surface area (Å²) in [6.45, 7) is 15.4. The average molecular weight is 424 g/mol. The Morgan fingerprint density at radius 1 is 1.18 bits per heavy atom. The minimum absolute atomic E-state index is 0.0496. The number of hydrogen-bond donors (Lipinski definition) is 0. The van der Waals surface area contributed by atoms with Crippen molar-refractivity contribution in [2.24, 2.45) is 5.16 Å². The Kier molecular flexibility index (Phi) is 10.9. The smallest absolute Gasteiger partial charge is 0.286 e. The standard InChI is InChI=1S/C23H38ClNO2Si/c1-7-8-9-11-14-21(25-27-28(5,6)23(2,3)4)18-17-20(24)19-26-22-15-12-10-13-16-22/h7,10,12-13,15-16,20H,1,8-9,11,14,17-19H2,2-6H3/b25-21+. The van der Waals surface area contributed by atoms with E-state index < -0.39 is 8.32 Å². The fourth-order valence-electron chi connectivity index (χ4n) is 2.26. The summed E-state index contributed by atoms with van der Waals surface area (Å²) in [7, 11) is -1.90. The Morgan fingerprint density at radius 2 is 1.86 bits per heavy atom. The first-order chi connectivity index (χ1) is 13.2. The van der Waals surface area contributed by atoms with Crippen molar-refractivity contribution in [1.29, 1.82) is 0 Å². The number of rotatable bonds is 13. The van der Waals surface area contributed by atoms with Gasteiger partial charge in [-0.1, -0.05) is 45.0 Å². The first-order valence-electron chi connectivity index (χ1n) is 10.3. The molecular weight excluding hydrogens is 386 g/mol. The van der Waals surface area contributed by atoms with Crippen LogP contribution in [0.5, 0.6) is 5.75 Å². The molecule has 0 radical (unpaired) electrons. The molecule has 0 aliphatic heterocycles. The zero-order valence-electron chi connectivity index (χ0n) is 18.3. The van der Waals surface area contributed by atoms with E-state index in [4.69, 9.17) is 20.9 Å². The molecule has 28 heavy (non-hydrogen) atoms. The zero-order chi connectivity index (χ0) is 21.0. The van der Waals surface area contributed by atoms with E-state index in [1.54, 1.807) is 0 Å². The van der Waals surface area contributed by atoms with Gasteiger partial charge in [0.15, 0.2) is 0 Å². The average Bonchev–Trinajstić information content (AvgIpc) is 2.65. The second-order valence-electron chi connectivity index (χ2n) is 8.80. The van der Waals surface area contributed by atoms with E-state index >= 15 is 0 Å². The molecule has 0 fully saturated rings. The van der Waals surface area contributed by atoms with Crippen LogP contribution in [-0.4, -0.2) is 26.0 Å². The number of benzene rings is 1. The van der Waals surface area contributed by atoms with Gasteiger partial charge in [-0.05, 0) is 68.8 Å². The summed E-state index contributed by atoms with van der Waals surface area (Å²) in [4.78, 5) is 0. The van der Waals surface area contributed by atoms with Crippen LogP contribution >= 0.6 is 11.6 Å². The Morgan fingerprint density at radius 3 is 2.46 bits per heavy atom. The first-order valence-corrected chi connectivity index (χ1v) is 13.7. The largest absolute Gasteiger partial charge is 0.492 e. The van der Waals surface area contributed by atoms with Crippen molar-refractivity contribution in [3.63, 3.8) is 0 Å². The monoisotopic (exact) mass is 423 g/mol. The van der Waals surface area contributed by atoms with Crippen molar-refractivity contribution < 1.29 is 9.26 Å². The number of unbranched alkanes of at least 4 members (excludes halogenated alkanes) is 2. The van der Waals surface area contributed by atoms with Crippen LogP contribution in [0.25, 0.3) is 0 Å². The molecule has 1 unspecified atom stereocenters. The maximum atomic E-state index is 6.50. The van der Waals surface area contributed by atoms with Crippen molar-refractivity contribution in [2.75, 3.05) is 6.61 Å². The fourth-order valence-corrected chi connectivity index (χ4v) is 3.06. The molecule has 158 valence electrons. The Hall–Kier alpha value is -1.26. The third-order valence-electron chi connectivity index (χ3n) is 5.25. The summed E-state index contributed by atoms with van der Waals surface area (Å²) in [5.41, 5.74) is 1.11. The second-order valence-corrected chi connectivity index (χ2v) is 14.1. The Bertz CT molecular complexity index is 596. The highest BCUT2D eigenvalue weighted by atomic mass is 35.5. The molecule has 5 heteroatoms. The number of ether oxygens (including phenoxy) is 1. The van der Waals surface area contributed by atoms with Gasteiger partial charge in [-0.3, -0.25) is 0 Å². The minimum Gasteiger partial charge on any atom is -0.492 e. The van der Waals surface area contributed by atoms with Gasteiger partial charge in [-0.15, -0.1) is 23.3 Å². The van der Waals surface area contributed by atoms with Gasteiger partial charge in [0.1, 0.15) is 12.4 Å². The summed E-state index contributed by atoms with van der Waals surface area (Å²) >= 11 is 6.50. The van der Waals surface area contributed by atoms with Crippen molar-refractivity contribution in [3.8, 4) is 5.75 Å². The molecule has 0 aliphatic carbocycles. The first kappa shape index (κ1) is 24.8. The van der Waals surface area contributed by atoms with Crippen LogP contribution in [0.1, 0.15) is 59.3 Å². The number of hydrogen-bond acceptors (Lipinski definition) is 3. The highest BCUT2D eigenvalue weighted by molar-refractivity contribution is 6.74. The van der Waals surface area contributed by atoms with E-state index in [0.29, 0.717) is 6.61 Å². The minimum atomic E-state index is -1.90. The lowest BCUT2D eigenvalue weighted by Crippen LogP contribution is -2.39. The number of allylic oxidation sites excluding steroid dienone is 1. The van der Waals surface area contributed by atoms with Crippen molar-refractivity contribution >= 4 is 25.6 Å². The molecule has 0 saturated heterocycles. The number of nitrogens with zero attached hydrogens (tertiary/aromatic N) is 1. The lowest BCUT2D eigenvalue weighted by Gasteiger charge is -2.33. The maximum absolute atomic E-state index is 6.50. The molecule has 0 spiro atoms. The van der Waals surface area contributed by atoms with Crippen LogP contribution in [0.2, 0.25) is 18.1 Å². The summed E-state index contributed by atoms with van der Waals surface area (Å²) in [6.07, 6.45) is 7.86. The predicted octanol–water partition coefficient (Wildman–Crippen LogP) is 7.58. The summed E-state index contributed by atoms with van der Waals surface area (Å²) < 4.78 is 11.9. The SMILES string of the molecule is C=CCCCC/C(CCC(Cl)COc1ccccc1)=N\O[Si](C)(C)C(C)(C)C. The van der Waals surface area contributed by atoms with Crippen LogP contribution in [0, 0.1) is 0 Å². The summed E-state index contributed by atoms with van der Waals surface area (Å²) in [5, 5.41) is 4.70. The highest BCUT2D eigenvalue weighted by Gasteiger charge is 2.39. The van der Waals surface area contributed by atoms with Gasteiger partial charge in [0.2, 0.25) is 0 Å². The zero-order valence-corrected chi connectivity index (χ0v) is 20.1. The molecule has 0 amide bonds. The van der Waals surface area contributed by atoms with E-state index in [-0.39, 0.29) is 10.4 Å². The molecule has 1 aromatic rings. The molecule has 1 rings (SSSR count). The highest BCUT2D eigenvalue weighted by Crippen LogP contribution is 2.36. The van der Waals surface area contributed by atoms with E-state index in [1.165, 1.54) is 0 Å². The molecule has 1 aromatic carbocycles. The van der Waals surface area contributed by atoms with Crippen LogP contribution in [0.3, 0.4) is 0 Å². The Balaban J connectivity index is 2.58. The van der Waals surface area contributed by atoms with Crippen LogP contribution in [-0.2, 0) is 4.53 Å². The lowest BCUT2D eigenvalue weighted by molar-refractivity contribution is 0.302. The molecule has 1 atom stereocenters. The quantitative estimate of drug-likeness (QED) is 0.0817. The van der Waals surface area contributed by atoms with Gasteiger partial charge in [-0.2, -0.15) is 0 Å². The summed E-state index contributed by atoms with van der Waals surface area (Å²) in [5.74, 6) is 0.854. The van der Waals surface area contributed by atoms with E-state index in [0.717, 1.165) is 50.0 Å². The Labute approximate surface area is 178 Å². The molecule has 0 saturated carbocycles.